The molecule has 3 rings (SSSR count). The van der Waals surface area contributed by atoms with E-state index >= 15 is 0 Å². The number of piperidine rings is 1. The van der Waals surface area contributed by atoms with E-state index in [4.69, 9.17) is 54.2 Å². The van der Waals surface area contributed by atoms with E-state index in [9.17, 15) is 19.2 Å². The minimum absolute atomic E-state index is 0.0668. The molecule has 2 N–H and O–H groups in total. The Labute approximate surface area is 297 Å². The van der Waals surface area contributed by atoms with Crippen LogP contribution in [0.25, 0.3) is 0 Å². The van der Waals surface area contributed by atoms with Crippen LogP contribution in [0.5, 0.6) is 0 Å². The minimum atomic E-state index is -1.01. The number of fused-ring (bicyclic) bond motifs is 1. The highest BCUT2D eigenvalue weighted by Gasteiger charge is 2.45. The molecule has 1 atom stereocenters. The molecule has 1 aromatic carbocycles. The predicted molar refractivity (Wildman–Crippen MR) is 180 cm³/mol. The van der Waals surface area contributed by atoms with Crippen LogP contribution in [0.3, 0.4) is 0 Å². The van der Waals surface area contributed by atoms with E-state index in [0.717, 1.165) is 4.90 Å². The highest BCUT2D eigenvalue weighted by molar-refractivity contribution is 6.25. The molecule has 1 saturated heterocycles. The molecular weight excluding hydrogens is 682 g/mol. The number of hydrogen-bond acceptors (Lipinski definition) is 14. The van der Waals surface area contributed by atoms with E-state index in [2.05, 4.69) is 10.6 Å². The topological polar surface area (TPSA) is 179 Å². The van der Waals surface area contributed by atoms with Gasteiger partial charge in [0.25, 0.3) is 11.8 Å². The molecule has 0 saturated carbocycles. The number of halogens is 1. The molecule has 1 aromatic rings. The molecule has 282 valence electrons. The third-order valence-electron chi connectivity index (χ3n) is 7.23. The lowest BCUT2D eigenvalue weighted by Gasteiger charge is -2.27. The molecule has 2 aliphatic rings. The maximum absolute atomic E-state index is 13.1. The molecule has 0 aromatic heterocycles. The molecule has 16 nitrogen and oxygen atoms in total. The smallest absolute Gasteiger partial charge is 0.264 e. The monoisotopic (exact) mass is 731 g/mol. The Morgan fingerprint density at radius 1 is 0.620 bits per heavy atom. The van der Waals surface area contributed by atoms with Crippen molar-refractivity contribution in [2.24, 2.45) is 0 Å². The highest BCUT2D eigenvalue weighted by Crippen LogP contribution is 2.32. The number of hydrogen-bond donors (Lipinski definition) is 2. The van der Waals surface area contributed by atoms with Crippen molar-refractivity contribution < 1.29 is 61.8 Å². The predicted octanol–water partition coefficient (Wildman–Crippen LogP) is 0.888. The van der Waals surface area contributed by atoms with Gasteiger partial charge in [-0.2, -0.15) is 0 Å². The second-order valence-electron chi connectivity index (χ2n) is 10.8. The molecule has 17 heteroatoms. The molecule has 2 aliphatic heterocycles. The summed E-state index contributed by atoms with van der Waals surface area (Å²) < 4.78 is 48.9. The van der Waals surface area contributed by atoms with E-state index in [1.807, 2.05) is 0 Å². The van der Waals surface area contributed by atoms with Crippen LogP contribution in [-0.2, 0) is 52.2 Å². The summed E-state index contributed by atoms with van der Waals surface area (Å²) in [6.07, 6.45) is 0.172. The number of anilines is 1. The van der Waals surface area contributed by atoms with Crippen LogP contribution in [-0.4, -0.2) is 166 Å². The molecule has 0 spiro atoms. The summed E-state index contributed by atoms with van der Waals surface area (Å²) in [6, 6.07) is 3.90. The average molecular weight is 732 g/mol. The summed E-state index contributed by atoms with van der Waals surface area (Å²) >= 11 is 5.51. The van der Waals surface area contributed by atoms with Gasteiger partial charge in [-0.25, -0.2) is 0 Å². The van der Waals surface area contributed by atoms with Gasteiger partial charge in [0.05, 0.1) is 130 Å². The Morgan fingerprint density at radius 2 is 1.06 bits per heavy atom. The van der Waals surface area contributed by atoms with Gasteiger partial charge in [-0.1, -0.05) is 6.07 Å². The summed E-state index contributed by atoms with van der Waals surface area (Å²) in [4.78, 5) is 50.8. The Kier molecular flexibility index (Phi) is 21.7. The van der Waals surface area contributed by atoms with E-state index in [0.29, 0.717) is 137 Å². The van der Waals surface area contributed by atoms with Gasteiger partial charge in [-0.15, -0.1) is 11.6 Å². The molecule has 4 amide bonds. The Hall–Kier alpha value is -2.77. The Morgan fingerprint density at radius 3 is 1.50 bits per heavy atom. The molecular formula is C33H50ClN3O13. The standard InChI is InChI=1S/C33H50ClN3O13/c34-6-8-42-10-12-44-14-16-46-18-20-48-22-24-50-25-23-49-21-19-47-17-15-45-13-11-43-9-7-35-27-3-1-2-26-30(27)33(41)37(32(26)40)28-4-5-29(38)36-31(28)39/h1-3,28,35H,4-25H2,(H,36,38,39). The quantitative estimate of drug-likeness (QED) is 0.0625. The lowest BCUT2D eigenvalue weighted by Crippen LogP contribution is -2.54. The van der Waals surface area contributed by atoms with Gasteiger partial charge in [-0.3, -0.25) is 29.4 Å². The van der Waals surface area contributed by atoms with Crippen LogP contribution < -0.4 is 10.6 Å². The normalized spacial score (nSPS) is 15.9. The fourth-order valence-electron chi connectivity index (χ4n) is 4.84. The zero-order valence-corrected chi connectivity index (χ0v) is 29.3. The van der Waals surface area contributed by atoms with Crippen LogP contribution in [0.15, 0.2) is 18.2 Å². The van der Waals surface area contributed by atoms with Crippen molar-refractivity contribution in [3.63, 3.8) is 0 Å². The number of benzene rings is 1. The molecule has 0 bridgehead atoms. The van der Waals surface area contributed by atoms with E-state index in [-0.39, 0.29) is 24.0 Å². The summed E-state index contributed by atoms with van der Waals surface area (Å²) in [5.41, 5.74) is 0.910. The van der Waals surface area contributed by atoms with Gasteiger partial charge in [0.1, 0.15) is 6.04 Å². The van der Waals surface area contributed by atoms with Crippen LogP contribution in [0.2, 0.25) is 0 Å². The number of amides is 4. The maximum Gasteiger partial charge on any atom is 0.264 e. The van der Waals surface area contributed by atoms with Gasteiger partial charge in [0.15, 0.2) is 0 Å². The fourth-order valence-corrected chi connectivity index (χ4v) is 4.95. The first-order valence-corrected chi connectivity index (χ1v) is 17.4. The maximum atomic E-state index is 13.1. The van der Waals surface area contributed by atoms with Crippen molar-refractivity contribution in [3.05, 3.63) is 29.3 Å². The van der Waals surface area contributed by atoms with Crippen molar-refractivity contribution in [1.29, 1.82) is 0 Å². The summed E-state index contributed by atoms with van der Waals surface area (Å²) in [7, 11) is 0. The number of rotatable bonds is 31. The zero-order valence-electron chi connectivity index (χ0n) is 28.5. The summed E-state index contributed by atoms with van der Waals surface area (Å²) in [6.45, 7) is 8.75. The lowest BCUT2D eigenvalue weighted by atomic mass is 10.0. The second kappa shape index (κ2) is 26.1. The number of imide groups is 2. The van der Waals surface area contributed by atoms with Crippen molar-refractivity contribution in [2.45, 2.75) is 18.9 Å². The summed E-state index contributed by atoms with van der Waals surface area (Å²) in [5.74, 6) is -1.68. The van der Waals surface area contributed by atoms with Crippen molar-refractivity contribution in [3.8, 4) is 0 Å². The third-order valence-corrected chi connectivity index (χ3v) is 7.38. The average Bonchev–Trinajstić information content (AvgIpc) is 3.36. The first-order valence-electron chi connectivity index (χ1n) is 16.9. The SMILES string of the molecule is O=C1CCC(N2C(=O)c3cccc(NCCOCCOCCOCCOCCOCCOCCOCCOCCOCCCl)c3C2=O)C(=O)N1. The molecule has 1 unspecified atom stereocenters. The number of alkyl halides is 1. The van der Waals surface area contributed by atoms with Crippen LogP contribution in [0.4, 0.5) is 5.69 Å². The fraction of sp³-hybridized carbons (Fsp3) is 0.697. The van der Waals surface area contributed by atoms with Crippen molar-refractivity contribution in [2.75, 3.05) is 137 Å². The Balaban J connectivity index is 1.06. The molecule has 0 radical (unpaired) electrons. The first kappa shape index (κ1) is 41.6. The lowest BCUT2D eigenvalue weighted by molar-refractivity contribution is -0.136. The van der Waals surface area contributed by atoms with Crippen LogP contribution >= 0.6 is 11.6 Å². The van der Waals surface area contributed by atoms with Gasteiger partial charge in [-0.05, 0) is 18.6 Å². The van der Waals surface area contributed by atoms with E-state index in [1.54, 1.807) is 18.2 Å². The molecule has 1 fully saturated rings. The van der Waals surface area contributed by atoms with E-state index in [1.165, 1.54) is 0 Å². The van der Waals surface area contributed by atoms with Gasteiger partial charge >= 0.3 is 0 Å². The minimum Gasteiger partial charge on any atom is -0.382 e. The number of ether oxygens (including phenoxy) is 9. The van der Waals surface area contributed by atoms with Crippen LogP contribution in [0, 0.1) is 0 Å². The molecule has 50 heavy (non-hydrogen) atoms. The largest absolute Gasteiger partial charge is 0.382 e. The number of nitrogens with zero attached hydrogens (tertiary/aromatic N) is 1. The molecule has 0 aliphatic carbocycles. The highest BCUT2D eigenvalue weighted by atomic mass is 35.5. The van der Waals surface area contributed by atoms with Gasteiger partial charge in [0, 0.05) is 24.5 Å². The van der Waals surface area contributed by atoms with Gasteiger partial charge < -0.3 is 47.9 Å². The number of carbonyl (C=O) groups excluding carboxylic acids is 4. The van der Waals surface area contributed by atoms with Crippen molar-refractivity contribution >= 4 is 40.9 Å². The molecule has 2 heterocycles. The third kappa shape index (κ3) is 15.6. The van der Waals surface area contributed by atoms with Gasteiger partial charge in [0.2, 0.25) is 11.8 Å². The first-order chi connectivity index (χ1) is 24.5. The van der Waals surface area contributed by atoms with Crippen LogP contribution in [0.1, 0.15) is 33.6 Å². The summed E-state index contributed by atoms with van der Waals surface area (Å²) in [5, 5.41) is 5.33. The van der Waals surface area contributed by atoms with Crippen molar-refractivity contribution in [1.82, 2.24) is 10.2 Å². The van der Waals surface area contributed by atoms with E-state index < -0.39 is 29.7 Å². The number of carbonyl (C=O) groups is 4. The Bertz CT molecular complexity index is 1160. The number of nitrogens with one attached hydrogen (secondary N) is 2. The zero-order chi connectivity index (χ0) is 35.7. The second-order valence-corrected chi connectivity index (χ2v) is 11.2.